The van der Waals surface area contributed by atoms with Gasteiger partial charge < -0.3 is 9.52 Å². The molecule has 0 aliphatic carbocycles. The number of carboxylic acid groups (broad SMARTS) is 1. The van der Waals surface area contributed by atoms with Crippen LogP contribution in [-0.2, 0) is 11.2 Å². The van der Waals surface area contributed by atoms with E-state index in [9.17, 15) is 4.79 Å². The van der Waals surface area contributed by atoms with Crippen LogP contribution in [-0.4, -0.2) is 16.1 Å². The zero-order valence-corrected chi connectivity index (χ0v) is 9.77. The summed E-state index contributed by atoms with van der Waals surface area (Å²) in [6.07, 6.45) is 1.55. The quantitative estimate of drug-likeness (QED) is 0.940. The number of aromatic nitrogens is 1. The molecule has 2 aromatic rings. The van der Waals surface area contributed by atoms with E-state index in [1.807, 2.05) is 6.07 Å². The van der Waals surface area contributed by atoms with Crippen molar-refractivity contribution < 1.29 is 14.3 Å². The van der Waals surface area contributed by atoms with Crippen molar-refractivity contribution in [3.05, 3.63) is 40.7 Å². The summed E-state index contributed by atoms with van der Waals surface area (Å²) in [4.78, 5) is 14.6. The van der Waals surface area contributed by atoms with Gasteiger partial charge in [-0.2, -0.15) is 0 Å². The van der Waals surface area contributed by atoms with E-state index in [2.05, 4.69) is 20.9 Å². The van der Waals surface area contributed by atoms with Crippen LogP contribution in [0.15, 0.2) is 39.5 Å². The second-order valence-electron chi connectivity index (χ2n) is 3.24. The Balaban J connectivity index is 2.32. The van der Waals surface area contributed by atoms with Crippen molar-refractivity contribution in [3.8, 4) is 11.5 Å². The lowest BCUT2D eigenvalue weighted by Gasteiger charge is -1.99. The van der Waals surface area contributed by atoms with Gasteiger partial charge in [0.25, 0.3) is 0 Å². The molecule has 1 heterocycles. The van der Waals surface area contributed by atoms with Gasteiger partial charge in [-0.15, -0.1) is 0 Å². The molecule has 0 aliphatic heterocycles. The molecule has 0 unspecified atom stereocenters. The summed E-state index contributed by atoms with van der Waals surface area (Å²) in [5.41, 5.74) is 1.49. The highest BCUT2D eigenvalue weighted by molar-refractivity contribution is 9.10. The first-order chi connectivity index (χ1) is 7.65. The Morgan fingerprint density at radius 2 is 2.31 bits per heavy atom. The van der Waals surface area contributed by atoms with Crippen LogP contribution in [0.1, 0.15) is 5.56 Å². The van der Waals surface area contributed by atoms with E-state index < -0.39 is 5.97 Å². The number of carboxylic acids is 1. The molecule has 0 spiro atoms. The largest absolute Gasteiger partial charge is 0.481 e. The average molecular weight is 282 g/mol. The smallest absolute Gasteiger partial charge is 0.307 e. The molecule has 4 nitrogen and oxygen atoms in total. The van der Waals surface area contributed by atoms with Gasteiger partial charge in [0.1, 0.15) is 0 Å². The van der Waals surface area contributed by atoms with Crippen molar-refractivity contribution in [3.63, 3.8) is 0 Å². The topological polar surface area (TPSA) is 63.3 Å². The van der Waals surface area contributed by atoms with E-state index in [0.29, 0.717) is 10.6 Å². The molecule has 5 heteroatoms. The molecular formula is C11H8BrNO3. The van der Waals surface area contributed by atoms with E-state index >= 15 is 0 Å². The van der Waals surface area contributed by atoms with Crippen LogP contribution in [0.25, 0.3) is 11.5 Å². The highest BCUT2D eigenvalue weighted by atomic mass is 79.9. The Hall–Kier alpha value is -1.62. The highest BCUT2D eigenvalue weighted by Crippen LogP contribution is 2.22. The summed E-state index contributed by atoms with van der Waals surface area (Å²) in [5, 5.41) is 8.69. The van der Waals surface area contributed by atoms with Gasteiger partial charge in [0.15, 0.2) is 4.67 Å². The van der Waals surface area contributed by atoms with E-state index in [1.54, 1.807) is 24.4 Å². The third kappa shape index (κ3) is 2.49. The Bertz CT molecular complexity index is 521. The van der Waals surface area contributed by atoms with Crippen LogP contribution in [0.3, 0.4) is 0 Å². The van der Waals surface area contributed by atoms with Crippen molar-refractivity contribution in [1.82, 2.24) is 4.98 Å². The average Bonchev–Trinajstić information content (AvgIpc) is 2.64. The fourth-order valence-electron chi connectivity index (χ4n) is 1.38. The van der Waals surface area contributed by atoms with Gasteiger partial charge in [0.05, 0.1) is 12.6 Å². The molecule has 0 saturated carbocycles. The maximum Gasteiger partial charge on any atom is 0.307 e. The van der Waals surface area contributed by atoms with Crippen molar-refractivity contribution >= 4 is 21.9 Å². The van der Waals surface area contributed by atoms with Gasteiger partial charge in [-0.3, -0.25) is 4.79 Å². The molecule has 0 amide bonds. The third-order valence-corrected chi connectivity index (χ3v) is 2.37. The molecule has 2 rings (SSSR count). The molecule has 16 heavy (non-hydrogen) atoms. The van der Waals surface area contributed by atoms with Gasteiger partial charge in [-0.05, 0) is 33.6 Å². The predicted molar refractivity (Wildman–Crippen MR) is 61.0 cm³/mol. The van der Waals surface area contributed by atoms with Crippen molar-refractivity contribution in [2.75, 3.05) is 0 Å². The standard InChI is InChI=1S/C11H8BrNO3/c12-9-6-13-11(16-9)8-3-1-2-7(4-8)5-10(14)15/h1-4,6H,5H2,(H,14,15). The molecule has 82 valence electrons. The number of hydrogen-bond donors (Lipinski definition) is 1. The number of aliphatic carboxylic acids is 1. The van der Waals surface area contributed by atoms with E-state index in [1.165, 1.54) is 0 Å². The zero-order valence-electron chi connectivity index (χ0n) is 8.18. The second kappa shape index (κ2) is 4.49. The van der Waals surface area contributed by atoms with E-state index in [4.69, 9.17) is 9.52 Å². The number of halogens is 1. The first-order valence-corrected chi connectivity index (χ1v) is 5.37. The molecule has 0 aliphatic rings. The molecule has 0 atom stereocenters. The lowest BCUT2D eigenvalue weighted by atomic mass is 10.1. The molecule has 0 radical (unpaired) electrons. The molecule has 1 aromatic carbocycles. The summed E-state index contributed by atoms with van der Waals surface area (Å²) >= 11 is 3.16. The monoisotopic (exact) mass is 281 g/mol. The van der Waals surface area contributed by atoms with Crippen molar-refractivity contribution in [2.45, 2.75) is 6.42 Å². The van der Waals surface area contributed by atoms with Gasteiger partial charge in [-0.1, -0.05) is 12.1 Å². The summed E-state index contributed by atoms with van der Waals surface area (Å²) < 4.78 is 5.83. The van der Waals surface area contributed by atoms with E-state index in [0.717, 1.165) is 11.1 Å². The fourth-order valence-corrected chi connectivity index (χ4v) is 1.63. The predicted octanol–water partition coefficient (Wildman–Crippen LogP) is 2.73. The molecule has 1 N–H and O–H groups in total. The normalized spacial score (nSPS) is 10.3. The Labute approximate surface area is 100 Å². The Morgan fingerprint density at radius 1 is 1.50 bits per heavy atom. The minimum absolute atomic E-state index is 0.00425. The first kappa shape index (κ1) is 10.9. The molecular weight excluding hydrogens is 274 g/mol. The van der Waals surface area contributed by atoms with Crippen LogP contribution < -0.4 is 0 Å². The van der Waals surface area contributed by atoms with Crippen LogP contribution in [0.4, 0.5) is 0 Å². The molecule has 0 bridgehead atoms. The number of oxazole rings is 1. The Morgan fingerprint density at radius 3 is 2.94 bits per heavy atom. The number of hydrogen-bond acceptors (Lipinski definition) is 3. The van der Waals surface area contributed by atoms with Crippen LogP contribution in [0, 0.1) is 0 Å². The summed E-state index contributed by atoms with van der Waals surface area (Å²) in [6, 6.07) is 7.12. The van der Waals surface area contributed by atoms with Gasteiger partial charge in [0, 0.05) is 5.56 Å². The van der Waals surface area contributed by atoms with E-state index in [-0.39, 0.29) is 6.42 Å². The van der Waals surface area contributed by atoms with Crippen molar-refractivity contribution in [2.24, 2.45) is 0 Å². The minimum atomic E-state index is -0.856. The SMILES string of the molecule is O=C(O)Cc1cccc(-c2ncc(Br)o2)c1. The number of nitrogens with zero attached hydrogens (tertiary/aromatic N) is 1. The molecule has 0 fully saturated rings. The maximum atomic E-state index is 10.6. The van der Waals surface area contributed by atoms with Crippen LogP contribution in [0.2, 0.25) is 0 Å². The van der Waals surface area contributed by atoms with Gasteiger partial charge in [0.2, 0.25) is 5.89 Å². The summed E-state index contributed by atoms with van der Waals surface area (Å²) in [7, 11) is 0. The number of benzene rings is 1. The van der Waals surface area contributed by atoms with Crippen LogP contribution in [0.5, 0.6) is 0 Å². The summed E-state index contributed by atoms with van der Waals surface area (Å²) in [6.45, 7) is 0. The minimum Gasteiger partial charge on any atom is -0.481 e. The van der Waals surface area contributed by atoms with Crippen LogP contribution >= 0.6 is 15.9 Å². The van der Waals surface area contributed by atoms with Gasteiger partial charge >= 0.3 is 5.97 Å². The lowest BCUT2D eigenvalue weighted by Crippen LogP contribution is -1.99. The van der Waals surface area contributed by atoms with Crippen molar-refractivity contribution in [1.29, 1.82) is 0 Å². The lowest BCUT2D eigenvalue weighted by molar-refractivity contribution is -0.136. The molecule has 1 aromatic heterocycles. The molecule has 0 saturated heterocycles. The summed E-state index contributed by atoms with van der Waals surface area (Å²) in [5.74, 6) is -0.384. The maximum absolute atomic E-state index is 10.6. The third-order valence-electron chi connectivity index (χ3n) is 2.01. The fraction of sp³-hybridized carbons (Fsp3) is 0.0909. The second-order valence-corrected chi connectivity index (χ2v) is 4.02. The first-order valence-electron chi connectivity index (χ1n) is 4.57. The van der Waals surface area contributed by atoms with Gasteiger partial charge in [-0.25, -0.2) is 4.98 Å². The number of rotatable bonds is 3. The number of carbonyl (C=O) groups is 1. The highest BCUT2D eigenvalue weighted by Gasteiger charge is 2.07. The zero-order chi connectivity index (χ0) is 11.5. The Kier molecular flexibility index (Phi) is 3.05.